The van der Waals surface area contributed by atoms with Gasteiger partial charge in [-0.1, -0.05) is 15.9 Å². The lowest BCUT2D eigenvalue weighted by Gasteiger charge is -2.32. The Morgan fingerprint density at radius 2 is 2.21 bits per heavy atom. The first-order valence-electron chi connectivity index (χ1n) is 7.15. The number of hydrogen-bond acceptors (Lipinski definition) is 2. The van der Waals surface area contributed by atoms with Gasteiger partial charge < -0.3 is 0 Å². The van der Waals surface area contributed by atoms with E-state index < -0.39 is 0 Å². The number of hydrogen-bond donors (Lipinski definition) is 0. The summed E-state index contributed by atoms with van der Waals surface area (Å²) in [6.07, 6.45) is 4.01. The van der Waals surface area contributed by atoms with E-state index in [1.54, 1.807) is 0 Å². The molecule has 2 heterocycles. The van der Waals surface area contributed by atoms with Crippen LogP contribution < -0.4 is 0 Å². The van der Waals surface area contributed by atoms with E-state index in [2.05, 4.69) is 60.4 Å². The van der Waals surface area contributed by atoms with Crippen LogP contribution in [0.15, 0.2) is 4.47 Å². The van der Waals surface area contributed by atoms with Crippen LogP contribution in [0.2, 0.25) is 0 Å². The number of rotatable bonds is 5. The second-order valence-electron chi connectivity index (χ2n) is 5.38. The molecule has 0 spiro atoms. The van der Waals surface area contributed by atoms with Gasteiger partial charge in [0, 0.05) is 25.0 Å². The van der Waals surface area contributed by atoms with E-state index >= 15 is 0 Å². The summed E-state index contributed by atoms with van der Waals surface area (Å²) in [7, 11) is 0. The van der Waals surface area contributed by atoms with Crippen molar-refractivity contribution >= 4 is 31.9 Å². The maximum Gasteiger partial charge on any atom is 0.0739 e. The molecule has 1 aliphatic rings. The Balaban J connectivity index is 2.04. The Hall–Kier alpha value is 0.130. The molecule has 0 aromatic carbocycles. The molecule has 3 nitrogen and oxygen atoms in total. The average Bonchev–Trinajstić information content (AvgIpc) is 2.67. The molecule has 0 amide bonds. The Labute approximate surface area is 133 Å². The highest BCUT2D eigenvalue weighted by atomic mass is 79.9. The maximum absolute atomic E-state index is 4.59. The molecule has 1 unspecified atom stereocenters. The van der Waals surface area contributed by atoms with Gasteiger partial charge in [-0.2, -0.15) is 5.10 Å². The van der Waals surface area contributed by atoms with Crippen LogP contribution in [0.4, 0.5) is 0 Å². The normalized spacial score (nSPS) is 20.9. The minimum atomic E-state index is 0.853. The third-order valence-electron chi connectivity index (χ3n) is 3.95. The first-order valence-corrected chi connectivity index (χ1v) is 9.07. The number of aryl methyl sites for hydroxylation is 2. The highest BCUT2D eigenvalue weighted by Gasteiger charge is 2.22. The quantitative estimate of drug-likeness (QED) is 0.706. The summed E-state index contributed by atoms with van der Waals surface area (Å²) in [4.78, 5) is 2.59. The van der Waals surface area contributed by atoms with E-state index in [4.69, 9.17) is 0 Å². The van der Waals surface area contributed by atoms with E-state index in [1.165, 1.54) is 42.5 Å². The Kier molecular flexibility index (Phi) is 5.90. The van der Waals surface area contributed by atoms with E-state index in [0.717, 1.165) is 30.0 Å². The van der Waals surface area contributed by atoms with Crippen LogP contribution in [0.25, 0.3) is 0 Å². The van der Waals surface area contributed by atoms with E-state index in [1.807, 2.05) is 0 Å². The fraction of sp³-hybridized carbons (Fsp3) is 0.786. The lowest BCUT2D eigenvalue weighted by atomic mass is 9.95. The van der Waals surface area contributed by atoms with Crippen LogP contribution >= 0.6 is 31.9 Å². The van der Waals surface area contributed by atoms with Gasteiger partial charge in [-0.15, -0.1) is 0 Å². The lowest BCUT2D eigenvalue weighted by Crippen LogP contribution is -2.35. The minimum Gasteiger partial charge on any atom is -0.297 e. The molecule has 0 aliphatic carbocycles. The van der Waals surface area contributed by atoms with Crippen molar-refractivity contribution in [2.75, 3.05) is 18.4 Å². The SMILES string of the molecule is CCn1nc(C)c(Br)c1CN1CCCC(CCBr)C1. The number of piperidine rings is 1. The lowest BCUT2D eigenvalue weighted by molar-refractivity contribution is 0.161. The molecule has 1 aromatic heterocycles. The summed E-state index contributed by atoms with van der Waals surface area (Å²) >= 11 is 7.27. The van der Waals surface area contributed by atoms with Gasteiger partial charge in [0.15, 0.2) is 0 Å². The summed E-state index contributed by atoms with van der Waals surface area (Å²) in [6, 6.07) is 0. The first kappa shape index (κ1) is 15.5. The van der Waals surface area contributed by atoms with E-state index in [-0.39, 0.29) is 0 Å². The van der Waals surface area contributed by atoms with Gasteiger partial charge in [0.2, 0.25) is 0 Å². The van der Waals surface area contributed by atoms with Crippen LogP contribution in [0, 0.1) is 12.8 Å². The Morgan fingerprint density at radius 3 is 2.89 bits per heavy atom. The van der Waals surface area contributed by atoms with Crippen molar-refractivity contribution in [3.05, 3.63) is 15.9 Å². The van der Waals surface area contributed by atoms with Gasteiger partial charge in [0.05, 0.1) is 15.9 Å². The molecular weight excluding hydrogens is 370 g/mol. The molecule has 1 saturated heterocycles. The van der Waals surface area contributed by atoms with Crippen molar-refractivity contribution in [2.24, 2.45) is 5.92 Å². The van der Waals surface area contributed by atoms with Gasteiger partial charge >= 0.3 is 0 Å². The molecule has 19 heavy (non-hydrogen) atoms. The maximum atomic E-state index is 4.59. The second kappa shape index (κ2) is 7.23. The molecule has 1 aliphatic heterocycles. The molecule has 0 saturated carbocycles. The van der Waals surface area contributed by atoms with Crippen LogP contribution in [0.5, 0.6) is 0 Å². The summed E-state index contributed by atoms with van der Waals surface area (Å²) < 4.78 is 3.32. The zero-order valence-electron chi connectivity index (χ0n) is 11.8. The number of nitrogens with zero attached hydrogens (tertiary/aromatic N) is 3. The Morgan fingerprint density at radius 1 is 1.42 bits per heavy atom. The number of aromatic nitrogens is 2. The van der Waals surface area contributed by atoms with Crippen molar-refractivity contribution in [1.29, 1.82) is 0 Å². The van der Waals surface area contributed by atoms with Gasteiger partial charge in [0.1, 0.15) is 0 Å². The zero-order valence-corrected chi connectivity index (χ0v) is 15.0. The predicted molar refractivity (Wildman–Crippen MR) is 86.8 cm³/mol. The van der Waals surface area contributed by atoms with Crippen molar-refractivity contribution in [3.8, 4) is 0 Å². The van der Waals surface area contributed by atoms with Crippen LogP contribution in [0.1, 0.15) is 37.6 Å². The van der Waals surface area contributed by atoms with Crippen molar-refractivity contribution in [1.82, 2.24) is 14.7 Å². The molecule has 0 bridgehead atoms. The largest absolute Gasteiger partial charge is 0.297 e. The molecule has 1 fully saturated rings. The monoisotopic (exact) mass is 391 g/mol. The fourth-order valence-corrected chi connectivity index (χ4v) is 3.97. The average molecular weight is 393 g/mol. The molecule has 5 heteroatoms. The topological polar surface area (TPSA) is 21.1 Å². The van der Waals surface area contributed by atoms with Crippen molar-refractivity contribution in [2.45, 2.75) is 46.2 Å². The van der Waals surface area contributed by atoms with Crippen LogP contribution in [0.3, 0.4) is 0 Å². The van der Waals surface area contributed by atoms with Gasteiger partial charge in [-0.3, -0.25) is 9.58 Å². The summed E-state index contributed by atoms with van der Waals surface area (Å²) in [5.74, 6) is 0.853. The smallest absolute Gasteiger partial charge is 0.0739 e. The molecular formula is C14H23Br2N3. The van der Waals surface area contributed by atoms with Gasteiger partial charge in [-0.25, -0.2) is 0 Å². The minimum absolute atomic E-state index is 0.853. The molecule has 2 rings (SSSR count). The van der Waals surface area contributed by atoms with Gasteiger partial charge in [-0.05, 0) is 61.5 Å². The highest BCUT2D eigenvalue weighted by molar-refractivity contribution is 9.10. The molecule has 0 N–H and O–H groups in total. The second-order valence-corrected chi connectivity index (χ2v) is 6.97. The van der Waals surface area contributed by atoms with Crippen molar-refractivity contribution < 1.29 is 0 Å². The Bertz CT molecular complexity index is 415. The number of halogens is 2. The first-order chi connectivity index (χ1) is 9.15. The van der Waals surface area contributed by atoms with Crippen LogP contribution in [-0.4, -0.2) is 33.1 Å². The third-order valence-corrected chi connectivity index (χ3v) is 5.44. The molecule has 0 radical (unpaired) electrons. The van der Waals surface area contributed by atoms with Crippen LogP contribution in [-0.2, 0) is 13.1 Å². The summed E-state index contributed by atoms with van der Waals surface area (Å²) in [6.45, 7) is 8.65. The van der Waals surface area contributed by atoms with E-state index in [0.29, 0.717) is 0 Å². The van der Waals surface area contributed by atoms with Crippen molar-refractivity contribution in [3.63, 3.8) is 0 Å². The number of likely N-dealkylation sites (tertiary alicyclic amines) is 1. The zero-order chi connectivity index (χ0) is 13.8. The van der Waals surface area contributed by atoms with Gasteiger partial charge in [0.25, 0.3) is 0 Å². The summed E-state index contributed by atoms with van der Waals surface area (Å²) in [5.41, 5.74) is 2.44. The molecule has 1 atom stereocenters. The highest BCUT2D eigenvalue weighted by Crippen LogP contribution is 2.26. The fourth-order valence-electron chi connectivity index (χ4n) is 2.92. The summed E-state index contributed by atoms with van der Waals surface area (Å²) in [5, 5.41) is 5.71. The third kappa shape index (κ3) is 3.82. The van der Waals surface area contributed by atoms with E-state index in [9.17, 15) is 0 Å². The predicted octanol–water partition coefficient (Wildman–Crippen LogP) is 3.97. The number of alkyl halides is 1. The molecule has 1 aromatic rings. The standard InChI is InChI=1S/C14H23Br2N3/c1-3-19-13(14(16)11(2)17-19)10-18-8-4-5-12(9-18)6-7-15/h12H,3-10H2,1-2H3. The molecule has 108 valence electrons.